The minimum Gasteiger partial charge on any atom is -0.477 e. The van der Waals surface area contributed by atoms with Crippen LogP contribution in [0.4, 0.5) is 0 Å². The van der Waals surface area contributed by atoms with E-state index in [-0.39, 0.29) is 17.1 Å². The van der Waals surface area contributed by atoms with E-state index in [0.29, 0.717) is 0 Å². The number of carboxylic acids is 1. The van der Waals surface area contributed by atoms with Gasteiger partial charge in [-0.1, -0.05) is 0 Å². The van der Waals surface area contributed by atoms with E-state index in [1.54, 1.807) is 6.07 Å². The summed E-state index contributed by atoms with van der Waals surface area (Å²) in [7, 11) is -2.39. The Balaban J connectivity index is 3.11. The number of hydrogen-bond donors (Lipinski definition) is 2. The molecule has 2 N–H and O–H groups in total. The summed E-state index contributed by atoms with van der Waals surface area (Å²) in [6.45, 7) is -0.361. The third-order valence-electron chi connectivity index (χ3n) is 1.85. The molecule has 7 nitrogen and oxygen atoms in total. The maximum atomic E-state index is 11.5. The minimum absolute atomic E-state index is 0.141. The van der Waals surface area contributed by atoms with Crippen molar-refractivity contribution in [2.75, 3.05) is 6.54 Å². The Morgan fingerprint density at radius 1 is 1.69 bits per heavy atom. The van der Waals surface area contributed by atoms with Crippen molar-refractivity contribution in [1.29, 1.82) is 5.26 Å². The van der Waals surface area contributed by atoms with Gasteiger partial charge < -0.3 is 9.67 Å². The third kappa shape index (κ3) is 2.39. The molecule has 8 heteroatoms. The Kier molecular flexibility index (Phi) is 3.31. The van der Waals surface area contributed by atoms with Crippen molar-refractivity contribution in [2.45, 2.75) is 4.90 Å². The van der Waals surface area contributed by atoms with E-state index in [9.17, 15) is 13.2 Å². The monoisotopic (exact) mass is 243 g/mol. The second-order valence-corrected chi connectivity index (χ2v) is 4.73. The van der Waals surface area contributed by atoms with Crippen LogP contribution in [0.3, 0.4) is 0 Å². The molecule has 0 aliphatic rings. The molecule has 0 aliphatic heterocycles. The van der Waals surface area contributed by atoms with Crippen molar-refractivity contribution in [3.63, 3.8) is 0 Å². The lowest BCUT2D eigenvalue weighted by Gasteiger charge is -1.98. The Morgan fingerprint density at radius 2 is 2.31 bits per heavy atom. The van der Waals surface area contributed by atoms with Crippen LogP contribution in [-0.2, 0) is 17.1 Å². The molecule has 1 aromatic rings. The zero-order valence-corrected chi connectivity index (χ0v) is 9.15. The number of carboxylic acid groups (broad SMARTS) is 1. The smallest absolute Gasteiger partial charge is 0.352 e. The summed E-state index contributed by atoms with van der Waals surface area (Å²) < 4.78 is 26.2. The predicted octanol–water partition coefficient (Wildman–Crippen LogP) is -0.475. The number of aromatic carboxylic acids is 1. The fraction of sp³-hybridized carbons (Fsp3) is 0.250. The second kappa shape index (κ2) is 4.34. The number of nitrogens with one attached hydrogen (secondary N) is 1. The van der Waals surface area contributed by atoms with Gasteiger partial charge >= 0.3 is 5.97 Å². The molecule has 1 rings (SSSR count). The van der Waals surface area contributed by atoms with E-state index in [4.69, 9.17) is 10.4 Å². The maximum Gasteiger partial charge on any atom is 0.352 e. The Hall–Kier alpha value is -1.85. The van der Waals surface area contributed by atoms with Gasteiger partial charge in [0.2, 0.25) is 10.0 Å². The highest BCUT2D eigenvalue weighted by Crippen LogP contribution is 2.12. The molecular formula is C8H9N3O4S. The topological polar surface area (TPSA) is 112 Å². The molecule has 0 atom stereocenters. The van der Waals surface area contributed by atoms with Crippen molar-refractivity contribution in [3.05, 3.63) is 18.0 Å². The van der Waals surface area contributed by atoms with Gasteiger partial charge in [0.25, 0.3) is 0 Å². The summed E-state index contributed by atoms with van der Waals surface area (Å²) in [5.41, 5.74) is -0.141. The van der Waals surface area contributed by atoms with E-state index < -0.39 is 16.0 Å². The number of hydrogen-bond acceptors (Lipinski definition) is 4. The van der Waals surface area contributed by atoms with E-state index in [0.717, 1.165) is 6.07 Å². The van der Waals surface area contributed by atoms with Gasteiger partial charge in [-0.15, -0.1) is 0 Å². The van der Waals surface area contributed by atoms with Crippen molar-refractivity contribution < 1.29 is 18.3 Å². The molecule has 0 saturated heterocycles. The standard InChI is InChI=1S/C8H9N3O4S/c1-11-5-6(4-7(11)8(12)13)16(14,15)10-3-2-9/h4-5,10H,3H2,1H3,(H,12,13). The number of aryl methyl sites for hydroxylation is 1. The highest BCUT2D eigenvalue weighted by molar-refractivity contribution is 7.89. The molecule has 1 heterocycles. The molecule has 0 bridgehead atoms. The lowest BCUT2D eigenvalue weighted by molar-refractivity contribution is 0.0686. The molecule has 0 spiro atoms. The van der Waals surface area contributed by atoms with Crippen LogP contribution in [0.2, 0.25) is 0 Å². The molecule has 0 amide bonds. The number of nitriles is 1. The maximum absolute atomic E-state index is 11.5. The summed E-state index contributed by atoms with van der Waals surface area (Å²) in [5.74, 6) is -1.22. The molecule has 0 saturated carbocycles. The average Bonchev–Trinajstić information content (AvgIpc) is 2.58. The van der Waals surface area contributed by atoms with Crippen molar-refractivity contribution in [1.82, 2.24) is 9.29 Å². The molecule has 1 aromatic heterocycles. The van der Waals surface area contributed by atoms with E-state index in [1.807, 2.05) is 4.72 Å². The fourth-order valence-corrected chi connectivity index (χ4v) is 2.09. The van der Waals surface area contributed by atoms with Gasteiger partial charge in [-0.25, -0.2) is 13.2 Å². The van der Waals surface area contributed by atoms with Crippen LogP contribution in [0.1, 0.15) is 10.5 Å². The van der Waals surface area contributed by atoms with Gasteiger partial charge in [0, 0.05) is 13.2 Å². The summed E-state index contributed by atoms with van der Waals surface area (Å²) in [5, 5.41) is 17.0. The Bertz CT molecular complexity index is 552. The number of sulfonamides is 1. The van der Waals surface area contributed by atoms with Gasteiger partial charge in [-0.05, 0) is 6.07 Å². The normalized spacial score (nSPS) is 11.0. The summed E-state index contributed by atoms with van der Waals surface area (Å²) in [6.07, 6.45) is 1.17. The van der Waals surface area contributed by atoms with Crippen molar-refractivity contribution in [2.24, 2.45) is 7.05 Å². The molecular weight excluding hydrogens is 234 g/mol. The van der Waals surface area contributed by atoms with Crippen LogP contribution >= 0.6 is 0 Å². The third-order valence-corrected chi connectivity index (χ3v) is 3.22. The minimum atomic E-state index is -3.81. The largest absolute Gasteiger partial charge is 0.477 e. The zero-order valence-electron chi connectivity index (χ0n) is 8.34. The molecule has 0 aliphatic carbocycles. The van der Waals surface area contributed by atoms with Crippen molar-refractivity contribution in [3.8, 4) is 6.07 Å². The quantitative estimate of drug-likeness (QED) is 0.694. The second-order valence-electron chi connectivity index (χ2n) is 2.96. The predicted molar refractivity (Wildman–Crippen MR) is 53.2 cm³/mol. The molecule has 86 valence electrons. The highest BCUT2D eigenvalue weighted by Gasteiger charge is 2.19. The Labute approximate surface area is 92.0 Å². The number of nitrogens with zero attached hydrogens (tertiary/aromatic N) is 2. The van der Waals surface area contributed by atoms with E-state index >= 15 is 0 Å². The zero-order chi connectivity index (χ0) is 12.3. The van der Waals surface area contributed by atoms with E-state index in [2.05, 4.69) is 0 Å². The first-order valence-electron chi connectivity index (χ1n) is 4.15. The molecule has 0 radical (unpaired) electrons. The van der Waals surface area contributed by atoms with Crippen LogP contribution < -0.4 is 4.72 Å². The molecule has 0 aromatic carbocycles. The van der Waals surface area contributed by atoms with Gasteiger partial charge in [0.05, 0.1) is 12.6 Å². The van der Waals surface area contributed by atoms with Crippen molar-refractivity contribution >= 4 is 16.0 Å². The lowest BCUT2D eigenvalue weighted by Crippen LogP contribution is -2.23. The molecule has 0 fully saturated rings. The van der Waals surface area contributed by atoms with Crippen LogP contribution in [0.15, 0.2) is 17.2 Å². The average molecular weight is 243 g/mol. The first-order chi connectivity index (χ1) is 7.38. The Morgan fingerprint density at radius 3 is 2.75 bits per heavy atom. The van der Waals surface area contributed by atoms with Crippen LogP contribution in [0, 0.1) is 11.3 Å². The number of aromatic nitrogens is 1. The summed E-state index contributed by atoms with van der Waals surface area (Å²) in [4.78, 5) is 10.5. The van der Waals surface area contributed by atoms with Crippen LogP contribution in [0.5, 0.6) is 0 Å². The lowest BCUT2D eigenvalue weighted by atomic mass is 10.4. The van der Waals surface area contributed by atoms with Crippen LogP contribution in [-0.4, -0.2) is 30.6 Å². The van der Waals surface area contributed by atoms with Gasteiger partial charge in [0.15, 0.2) is 0 Å². The molecule has 0 unspecified atom stereocenters. The summed E-state index contributed by atoms with van der Waals surface area (Å²) >= 11 is 0. The van der Waals surface area contributed by atoms with Gasteiger partial charge in [0.1, 0.15) is 10.6 Å². The fourth-order valence-electron chi connectivity index (χ4n) is 1.10. The number of rotatable bonds is 4. The van der Waals surface area contributed by atoms with Gasteiger partial charge in [-0.2, -0.15) is 9.98 Å². The summed E-state index contributed by atoms with van der Waals surface area (Å²) in [6, 6.07) is 2.65. The van der Waals surface area contributed by atoms with Gasteiger partial charge in [-0.3, -0.25) is 0 Å². The highest BCUT2D eigenvalue weighted by atomic mass is 32.2. The van der Waals surface area contributed by atoms with Crippen LogP contribution in [0.25, 0.3) is 0 Å². The SMILES string of the molecule is Cn1cc(S(=O)(=O)NCC#N)cc1C(=O)O. The first kappa shape index (κ1) is 12.2. The van der Waals surface area contributed by atoms with E-state index in [1.165, 1.54) is 17.8 Å². The number of carbonyl (C=O) groups is 1. The first-order valence-corrected chi connectivity index (χ1v) is 5.63. The molecule has 16 heavy (non-hydrogen) atoms.